The fraction of sp³-hybridized carbons (Fsp3) is 0.923. The molecule has 1 aliphatic rings. The van der Waals surface area contributed by atoms with Crippen LogP contribution in [-0.4, -0.2) is 56.9 Å². The van der Waals surface area contributed by atoms with Crippen LogP contribution in [0.15, 0.2) is 0 Å². The largest absolute Gasteiger partial charge is 0.509 e. The Morgan fingerprint density at radius 1 is 0.919 bits per heavy atom. The van der Waals surface area contributed by atoms with Gasteiger partial charge in [0, 0.05) is 14.2 Å². The smallest absolute Gasteiger partial charge is 0.444 e. The number of unbranched alkanes of at least 4 members (excludes halogenated alkanes) is 11. The van der Waals surface area contributed by atoms with E-state index in [0.29, 0.717) is 6.42 Å². The predicted molar refractivity (Wildman–Crippen MR) is 142 cm³/mol. The number of phosphoric ester groups is 1. The number of hydrogen-bond acceptors (Lipinski definition) is 9. The maximum absolute atomic E-state index is 12.4. The minimum atomic E-state index is -3.82. The summed E-state index contributed by atoms with van der Waals surface area (Å²) in [5.41, 5.74) is -0.735. The first-order valence-corrected chi connectivity index (χ1v) is 15.2. The fourth-order valence-electron chi connectivity index (χ4n) is 4.19. The predicted octanol–water partition coefficient (Wildman–Crippen LogP) is 7.29. The van der Waals surface area contributed by atoms with Crippen molar-refractivity contribution in [2.45, 2.75) is 135 Å². The monoisotopic (exact) mass is 551 g/mol. The van der Waals surface area contributed by atoms with Crippen molar-refractivity contribution in [2.24, 2.45) is 0 Å². The number of phosphoric acid groups is 1. The van der Waals surface area contributed by atoms with Gasteiger partial charge in [0.15, 0.2) is 6.10 Å². The first-order valence-electron chi connectivity index (χ1n) is 13.8. The normalized spacial score (nSPS) is 18.8. The molecular formula is C26H50NO9P. The summed E-state index contributed by atoms with van der Waals surface area (Å²) in [6, 6.07) is -0.887. The number of amides is 1. The molecule has 37 heavy (non-hydrogen) atoms. The van der Waals surface area contributed by atoms with Gasteiger partial charge in [-0.3, -0.25) is 13.6 Å². The van der Waals surface area contributed by atoms with Crippen molar-refractivity contribution in [1.82, 2.24) is 5.32 Å². The second-order valence-electron chi connectivity index (χ2n) is 10.5. The van der Waals surface area contributed by atoms with Crippen LogP contribution < -0.4 is 5.32 Å². The van der Waals surface area contributed by atoms with E-state index in [1.54, 1.807) is 20.8 Å². The highest BCUT2D eigenvalue weighted by Crippen LogP contribution is 2.47. The average molecular weight is 552 g/mol. The van der Waals surface area contributed by atoms with Gasteiger partial charge >= 0.3 is 20.1 Å². The van der Waals surface area contributed by atoms with Gasteiger partial charge in [-0.2, -0.15) is 0 Å². The van der Waals surface area contributed by atoms with Crippen molar-refractivity contribution in [3.8, 4) is 0 Å². The fourth-order valence-corrected chi connectivity index (χ4v) is 4.89. The van der Waals surface area contributed by atoms with Crippen molar-refractivity contribution in [3.05, 3.63) is 0 Å². The molecule has 10 nitrogen and oxygen atoms in total. The number of cyclic esters (lactones) is 2. The summed E-state index contributed by atoms with van der Waals surface area (Å²) in [4.78, 5) is 24.4. The molecule has 1 saturated heterocycles. The molecule has 1 rings (SSSR count). The third kappa shape index (κ3) is 15.0. The molecule has 0 radical (unpaired) electrons. The second-order valence-corrected chi connectivity index (χ2v) is 12.4. The molecule has 0 saturated carbocycles. The third-order valence-corrected chi connectivity index (χ3v) is 7.51. The Bertz CT molecular complexity index is 690. The topological polar surface area (TPSA) is 119 Å². The van der Waals surface area contributed by atoms with E-state index in [1.165, 1.54) is 72.0 Å². The lowest BCUT2D eigenvalue weighted by Crippen LogP contribution is -2.51. The molecule has 0 spiro atoms. The average Bonchev–Trinajstić information content (AvgIpc) is 3.21. The van der Waals surface area contributed by atoms with Gasteiger partial charge in [0.25, 0.3) is 0 Å². The lowest BCUT2D eigenvalue weighted by molar-refractivity contribution is 0.0303. The van der Waals surface area contributed by atoms with Crippen molar-refractivity contribution >= 4 is 20.1 Å². The molecule has 0 aliphatic carbocycles. The first-order chi connectivity index (χ1) is 17.5. The van der Waals surface area contributed by atoms with Gasteiger partial charge in [0.2, 0.25) is 0 Å². The van der Waals surface area contributed by atoms with Crippen molar-refractivity contribution < 1.29 is 41.9 Å². The lowest BCUT2D eigenvalue weighted by Gasteiger charge is -2.28. The number of ether oxygens (including phenoxy) is 3. The summed E-state index contributed by atoms with van der Waals surface area (Å²) < 4.78 is 43.4. The Kier molecular flexibility index (Phi) is 16.4. The Morgan fingerprint density at radius 2 is 1.43 bits per heavy atom. The summed E-state index contributed by atoms with van der Waals surface area (Å²) in [5.74, 6) is 0. The van der Waals surface area contributed by atoms with Gasteiger partial charge in [-0.25, -0.2) is 14.2 Å². The Labute approximate surface area is 223 Å². The van der Waals surface area contributed by atoms with E-state index in [0.717, 1.165) is 19.3 Å². The lowest BCUT2D eigenvalue weighted by atomic mass is 9.99. The standard InChI is InChI=1S/C26H50NO9P/c1-7-8-9-10-11-12-13-14-15-16-17-18-19-22-23(35-25(29)34-22)21(20-33-37(30,31-5)32-6)27-24(28)36-26(2,3)4/h21-23H,7-20H2,1-6H3,(H,27,28)/t21-,22?,23?/m0/s1. The minimum Gasteiger partial charge on any atom is -0.444 e. The molecule has 218 valence electrons. The van der Waals surface area contributed by atoms with Crippen LogP contribution in [0.25, 0.3) is 0 Å². The van der Waals surface area contributed by atoms with Crippen molar-refractivity contribution in [2.75, 3.05) is 20.8 Å². The molecule has 2 unspecified atom stereocenters. The number of rotatable bonds is 20. The summed E-state index contributed by atoms with van der Waals surface area (Å²) in [6.07, 6.45) is 12.3. The quantitative estimate of drug-likeness (QED) is 0.0944. The molecule has 0 aromatic rings. The van der Waals surface area contributed by atoms with E-state index in [2.05, 4.69) is 12.2 Å². The number of carbonyl (C=O) groups excluding carboxylic acids is 2. The molecular weight excluding hydrogens is 501 g/mol. The van der Waals surface area contributed by atoms with Gasteiger partial charge in [-0.15, -0.1) is 0 Å². The molecule has 1 amide bonds. The Hall–Kier alpha value is -1.35. The zero-order valence-corrected chi connectivity index (χ0v) is 24.6. The molecule has 3 atom stereocenters. The van der Waals surface area contributed by atoms with E-state index in [1.807, 2.05) is 0 Å². The van der Waals surface area contributed by atoms with Crippen LogP contribution in [0.4, 0.5) is 9.59 Å². The van der Waals surface area contributed by atoms with Crippen LogP contribution in [0.1, 0.15) is 111 Å². The van der Waals surface area contributed by atoms with Crippen LogP contribution >= 0.6 is 7.82 Å². The van der Waals surface area contributed by atoms with E-state index < -0.39 is 43.9 Å². The summed E-state index contributed by atoms with van der Waals surface area (Å²) in [5, 5.41) is 2.66. The maximum Gasteiger partial charge on any atom is 0.509 e. The first kappa shape index (κ1) is 33.7. The summed E-state index contributed by atoms with van der Waals surface area (Å²) in [7, 11) is -1.44. The molecule has 11 heteroatoms. The molecule has 1 N–H and O–H groups in total. The Morgan fingerprint density at radius 3 is 1.92 bits per heavy atom. The highest BCUT2D eigenvalue weighted by atomic mass is 31.2. The number of hydrogen-bond donors (Lipinski definition) is 1. The van der Waals surface area contributed by atoms with Crippen LogP contribution in [-0.2, 0) is 32.3 Å². The summed E-state index contributed by atoms with van der Waals surface area (Å²) in [6.45, 7) is 7.14. The van der Waals surface area contributed by atoms with Gasteiger partial charge < -0.3 is 19.5 Å². The van der Waals surface area contributed by atoms with E-state index in [4.69, 9.17) is 27.8 Å². The van der Waals surface area contributed by atoms with E-state index >= 15 is 0 Å². The van der Waals surface area contributed by atoms with Crippen LogP contribution in [0.2, 0.25) is 0 Å². The van der Waals surface area contributed by atoms with Gasteiger partial charge in [-0.05, 0) is 33.6 Å². The number of nitrogens with one attached hydrogen (secondary N) is 1. The van der Waals surface area contributed by atoms with Crippen LogP contribution in [0.3, 0.4) is 0 Å². The van der Waals surface area contributed by atoms with Crippen molar-refractivity contribution in [3.63, 3.8) is 0 Å². The molecule has 1 aliphatic heterocycles. The van der Waals surface area contributed by atoms with Crippen LogP contribution in [0.5, 0.6) is 0 Å². The molecule has 0 aromatic carbocycles. The maximum atomic E-state index is 12.4. The van der Waals surface area contributed by atoms with Gasteiger partial charge in [0.1, 0.15) is 11.7 Å². The van der Waals surface area contributed by atoms with Crippen LogP contribution in [0, 0.1) is 0 Å². The number of carbonyl (C=O) groups is 2. The zero-order chi connectivity index (χ0) is 27.7. The number of alkyl carbamates (subject to hydrolysis) is 1. The highest BCUT2D eigenvalue weighted by Gasteiger charge is 2.44. The van der Waals surface area contributed by atoms with Crippen molar-refractivity contribution in [1.29, 1.82) is 0 Å². The molecule has 1 heterocycles. The third-order valence-electron chi connectivity index (χ3n) is 6.15. The Balaban J connectivity index is 2.54. The second kappa shape index (κ2) is 18.0. The SMILES string of the molecule is CCCCCCCCCCCCCCC1OC(=O)OC1[C@H](COP(=O)(OC)OC)NC(=O)OC(C)(C)C. The van der Waals surface area contributed by atoms with E-state index in [-0.39, 0.29) is 6.61 Å². The van der Waals surface area contributed by atoms with Gasteiger partial charge in [-0.1, -0.05) is 77.6 Å². The molecule has 0 aromatic heterocycles. The molecule has 1 fully saturated rings. The van der Waals surface area contributed by atoms with E-state index in [9.17, 15) is 14.2 Å². The zero-order valence-electron chi connectivity index (χ0n) is 23.8. The summed E-state index contributed by atoms with van der Waals surface area (Å²) >= 11 is 0. The highest BCUT2D eigenvalue weighted by molar-refractivity contribution is 7.48. The molecule has 0 bridgehead atoms. The minimum absolute atomic E-state index is 0.297. The van der Waals surface area contributed by atoms with Gasteiger partial charge in [0.05, 0.1) is 12.6 Å².